The van der Waals surface area contributed by atoms with Gasteiger partial charge >= 0.3 is 0 Å². The van der Waals surface area contributed by atoms with Crippen molar-refractivity contribution in [1.82, 2.24) is 9.88 Å². The van der Waals surface area contributed by atoms with Crippen LogP contribution in [0, 0.1) is 13.8 Å². The number of likely N-dealkylation sites (tertiary alicyclic amines) is 1. The van der Waals surface area contributed by atoms with Crippen LogP contribution in [0.3, 0.4) is 0 Å². The van der Waals surface area contributed by atoms with Crippen molar-refractivity contribution in [1.29, 1.82) is 0 Å². The number of rotatable bonds is 6. The predicted octanol–water partition coefficient (Wildman–Crippen LogP) is 6.55. The maximum absolute atomic E-state index is 5.86. The van der Waals surface area contributed by atoms with Crippen molar-refractivity contribution < 1.29 is 9.15 Å². The third kappa shape index (κ3) is 4.38. The number of aromatic nitrogens is 1. The topological polar surface area (TPSA) is 38.5 Å². The molecule has 0 saturated carbocycles. The molecule has 0 atom stereocenters. The van der Waals surface area contributed by atoms with Gasteiger partial charge in [-0.2, -0.15) is 0 Å². The van der Waals surface area contributed by atoms with Gasteiger partial charge in [0.2, 0.25) is 5.89 Å². The lowest BCUT2D eigenvalue weighted by molar-refractivity contribution is 0.172. The molecule has 34 heavy (non-hydrogen) atoms. The van der Waals surface area contributed by atoms with Crippen LogP contribution in [-0.2, 0) is 12.0 Å². The molecule has 0 spiro atoms. The van der Waals surface area contributed by atoms with E-state index in [-0.39, 0.29) is 5.41 Å². The fourth-order valence-corrected chi connectivity index (χ4v) is 5.13. The van der Waals surface area contributed by atoms with Crippen molar-refractivity contribution in [3.05, 3.63) is 107 Å². The first-order chi connectivity index (χ1) is 16.6. The lowest BCUT2D eigenvalue weighted by atomic mass is 9.68. The summed E-state index contributed by atoms with van der Waals surface area (Å²) in [5.74, 6) is 2.47. The van der Waals surface area contributed by atoms with Crippen molar-refractivity contribution in [3.63, 3.8) is 0 Å². The van der Waals surface area contributed by atoms with Gasteiger partial charge in [-0.3, -0.25) is 4.90 Å². The van der Waals surface area contributed by atoms with Crippen LogP contribution in [0.15, 0.2) is 83.3 Å². The summed E-state index contributed by atoms with van der Waals surface area (Å²) in [6, 6.07) is 28.2. The average Bonchev–Trinajstić information content (AvgIpc) is 3.23. The average molecular weight is 453 g/mol. The Balaban J connectivity index is 1.45. The van der Waals surface area contributed by atoms with Gasteiger partial charge in [0.1, 0.15) is 11.5 Å². The van der Waals surface area contributed by atoms with Gasteiger partial charge in [0.25, 0.3) is 0 Å². The fourth-order valence-electron chi connectivity index (χ4n) is 5.13. The molecule has 2 heterocycles. The number of methoxy groups -OCH3 is 1. The first kappa shape index (κ1) is 22.4. The van der Waals surface area contributed by atoms with Gasteiger partial charge in [0, 0.05) is 17.5 Å². The van der Waals surface area contributed by atoms with E-state index in [1.807, 2.05) is 19.9 Å². The van der Waals surface area contributed by atoms with Crippen molar-refractivity contribution in [3.8, 4) is 17.2 Å². The van der Waals surface area contributed by atoms with Gasteiger partial charge in [-0.25, -0.2) is 4.98 Å². The highest BCUT2D eigenvalue weighted by Gasteiger charge is 2.38. The summed E-state index contributed by atoms with van der Waals surface area (Å²) < 4.78 is 11.4. The summed E-state index contributed by atoms with van der Waals surface area (Å²) in [5, 5.41) is 0. The van der Waals surface area contributed by atoms with Crippen molar-refractivity contribution in [2.45, 2.75) is 38.6 Å². The minimum Gasteiger partial charge on any atom is -0.497 e. The summed E-state index contributed by atoms with van der Waals surface area (Å²) in [6.07, 6.45) is 2.12. The van der Waals surface area contributed by atoms with Gasteiger partial charge < -0.3 is 9.15 Å². The summed E-state index contributed by atoms with van der Waals surface area (Å²) in [5.41, 5.74) is 5.94. The molecule has 3 aromatic carbocycles. The lowest BCUT2D eigenvalue weighted by Gasteiger charge is -2.43. The highest BCUT2D eigenvalue weighted by molar-refractivity contribution is 5.56. The van der Waals surface area contributed by atoms with E-state index < -0.39 is 0 Å². The normalized spacial score (nSPS) is 15.9. The summed E-state index contributed by atoms with van der Waals surface area (Å²) >= 11 is 0. The molecule has 1 saturated heterocycles. The number of piperidine rings is 1. The van der Waals surface area contributed by atoms with Gasteiger partial charge in [0.15, 0.2) is 0 Å². The monoisotopic (exact) mass is 452 g/mol. The zero-order chi connectivity index (χ0) is 23.5. The van der Waals surface area contributed by atoms with Crippen LogP contribution in [0.4, 0.5) is 0 Å². The molecule has 1 aliphatic rings. The fraction of sp³-hybridized carbons (Fsp3) is 0.300. The zero-order valence-electron chi connectivity index (χ0n) is 20.3. The van der Waals surface area contributed by atoms with Crippen LogP contribution in [-0.4, -0.2) is 30.1 Å². The minimum absolute atomic E-state index is 0.0529. The van der Waals surface area contributed by atoms with Crippen LogP contribution in [0.25, 0.3) is 11.5 Å². The van der Waals surface area contributed by atoms with E-state index in [9.17, 15) is 0 Å². The van der Waals surface area contributed by atoms with E-state index in [0.717, 1.165) is 55.2 Å². The van der Waals surface area contributed by atoms with E-state index in [1.54, 1.807) is 7.11 Å². The quantitative estimate of drug-likeness (QED) is 0.333. The molecular formula is C30H32N2O2. The highest BCUT2D eigenvalue weighted by atomic mass is 16.5. The number of nitrogens with zero attached hydrogens (tertiary/aromatic N) is 2. The standard InChI is InChI=1S/C30H32N2O2/c1-22-23(2)34-29(31-22)25-12-14-26(15-13-25)30(27-10-7-11-28(20-27)33-3)16-18-32(19-17-30)21-24-8-5-4-6-9-24/h4-15,20H,16-19,21H2,1-3H3. The Morgan fingerprint density at radius 1 is 0.882 bits per heavy atom. The number of hydrogen-bond donors (Lipinski definition) is 0. The molecule has 0 radical (unpaired) electrons. The van der Waals surface area contributed by atoms with Crippen molar-refractivity contribution >= 4 is 0 Å². The second kappa shape index (κ2) is 9.47. The third-order valence-corrected chi connectivity index (χ3v) is 7.29. The van der Waals surface area contributed by atoms with Crippen LogP contribution in [0.2, 0.25) is 0 Å². The molecule has 4 nitrogen and oxygen atoms in total. The molecule has 0 aliphatic carbocycles. The Hall–Kier alpha value is -3.37. The molecule has 174 valence electrons. The van der Waals surface area contributed by atoms with Crippen molar-refractivity contribution in [2.24, 2.45) is 0 Å². The Bertz CT molecular complexity index is 1220. The number of oxazole rings is 1. The Labute approximate surface area is 202 Å². The Morgan fingerprint density at radius 3 is 2.26 bits per heavy atom. The molecule has 0 bridgehead atoms. The van der Waals surface area contributed by atoms with Crippen molar-refractivity contribution in [2.75, 3.05) is 20.2 Å². The molecule has 0 N–H and O–H groups in total. The van der Waals surface area contributed by atoms with Crippen LogP contribution in [0.5, 0.6) is 5.75 Å². The van der Waals surface area contributed by atoms with Gasteiger partial charge in [-0.05, 0) is 80.7 Å². The lowest BCUT2D eigenvalue weighted by Crippen LogP contribution is -2.43. The van der Waals surface area contributed by atoms with Crippen LogP contribution in [0.1, 0.15) is 41.0 Å². The molecule has 1 aliphatic heterocycles. The minimum atomic E-state index is -0.0529. The second-order valence-electron chi connectivity index (χ2n) is 9.31. The summed E-state index contributed by atoms with van der Waals surface area (Å²) in [4.78, 5) is 7.15. The van der Waals surface area contributed by atoms with E-state index in [1.165, 1.54) is 16.7 Å². The van der Waals surface area contributed by atoms with E-state index in [0.29, 0.717) is 5.89 Å². The molecule has 4 heteroatoms. The van der Waals surface area contributed by atoms with Crippen LogP contribution < -0.4 is 4.74 Å². The summed E-state index contributed by atoms with van der Waals surface area (Å²) in [7, 11) is 1.74. The third-order valence-electron chi connectivity index (χ3n) is 7.29. The smallest absolute Gasteiger partial charge is 0.226 e. The zero-order valence-corrected chi connectivity index (χ0v) is 20.3. The second-order valence-corrected chi connectivity index (χ2v) is 9.31. The first-order valence-electron chi connectivity index (χ1n) is 12.0. The number of benzene rings is 3. The molecule has 4 aromatic rings. The molecule has 5 rings (SSSR count). The van der Waals surface area contributed by atoms with Gasteiger partial charge in [0.05, 0.1) is 12.8 Å². The van der Waals surface area contributed by atoms with E-state index in [2.05, 4.69) is 82.7 Å². The van der Waals surface area contributed by atoms with E-state index >= 15 is 0 Å². The predicted molar refractivity (Wildman–Crippen MR) is 136 cm³/mol. The molecule has 0 amide bonds. The van der Waals surface area contributed by atoms with Gasteiger partial charge in [-0.15, -0.1) is 0 Å². The number of aryl methyl sites for hydroxylation is 2. The molecule has 0 unspecified atom stereocenters. The Morgan fingerprint density at radius 2 is 1.62 bits per heavy atom. The number of ether oxygens (including phenoxy) is 1. The maximum Gasteiger partial charge on any atom is 0.226 e. The van der Waals surface area contributed by atoms with Crippen LogP contribution >= 0.6 is 0 Å². The largest absolute Gasteiger partial charge is 0.497 e. The molecule has 1 aromatic heterocycles. The summed E-state index contributed by atoms with van der Waals surface area (Å²) in [6.45, 7) is 7.04. The molecule has 1 fully saturated rings. The van der Waals surface area contributed by atoms with Gasteiger partial charge in [-0.1, -0.05) is 54.6 Å². The SMILES string of the molecule is COc1cccc(C2(c3ccc(-c4nc(C)c(C)o4)cc3)CCN(Cc3ccccc3)CC2)c1. The van der Waals surface area contributed by atoms with E-state index in [4.69, 9.17) is 9.15 Å². The first-order valence-corrected chi connectivity index (χ1v) is 12.0. The molecular weight excluding hydrogens is 420 g/mol. The number of hydrogen-bond acceptors (Lipinski definition) is 4. The Kier molecular flexibility index (Phi) is 6.25. The maximum atomic E-state index is 5.86. The highest BCUT2D eigenvalue weighted by Crippen LogP contribution is 2.43.